The average molecular weight is 380 g/mol. The molecule has 3 rings (SSSR count). The molecule has 1 heterocycles. The van der Waals surface area contributed by atoms with Gasteiger partial charge in [0.05, 0.1) is 12.5 Å². The molecule has 0 atom stereocenters. The molecule has 0 bridgehead atoms. The first-order valence-corrected chi connectivity index (χ1v) is 10.5. The van der Waals surface area contributed by atoms with E-state index in [-0.39, 0.29) is 5.91 Å². The maximum Gasteiger partial charge on any atom is 0.269 e. The summed E-state index contributed by atoms with van der Waals surface area (Å²) in [6, 6.07) is 14.8. The van der Waals surface area contributed by atoms with Crippen LogP contribution in [-0.2, 0) is 0 Å². The van der Waals surface area contributed by atoms with E-state index in [1.807, 2.05) is 16.7 Å². The molecule has 1 aromatic heterocycles. The van der Waals surface area contributed by atoms with Crippen LogP contribution in [-0.4, -0.2) is 34.0 Å². The lowest BCUT2D eigenvalue weighted by Crippen LogP contribution is -2.26. The van der Waals surface area contributed by atoms with Gasteiger partial charge >= 0.3 is 0 Å². The third kappa shape index (κ3) is 4.80. The van der Waals surface area contributed by atoms with Crippen molar-refractivity contribution in [3.63, 3.8) is 0 Å². The molecule has 0 unspecified atom stereocenters. The van der Waals surface area contributed by atoms with Gasteiger partial charge in [0.1, 0.15) is 5.69 Å². The number of carbonyl (C=O) groups excluding carboxylic acids is 1. The molecule has 0 aliphatic carbocycles. The van der Waals surface area contributed by atoms with Crippen LogP contribution in [0, 0.1) is 13.8 Å². The summed E-state index contributed by atoms with van der Waals surface area (Å²) >= 11 is 1.78. The fourth-order valence-electron chi connectivity index (χ4n) is 3.13. The van der Waals surface area contributed by atoms with Crippen LogP contribution in [0.3, 0.4) is 0 Å². The molecule has 0 spiro atoms. The normalized spacial score (nSPS) is 10.8. The molecule has 0 aliphatic rings. The predicted octanol–water partition coefficient (Wildman–Crippen LogP) is 4.64. The largest absolute Gasteiger partial charge is 0.351 e. The minimum Gasteiger partial charge on any atom is -0.351 e. The van der Waals surface area contributed by atoms with Gasteiger partial charge in [-0.1, -0.05) is 41.5 Å². The molecule has 0 saturated heterocycles. The maximum absolute atomic E-state index is 12.4. The van der Waals surface area contributed by atoms with E-state index in [1.165, 1.54) is 16.7 Å². The maximum atomic E-state index is 12.4. The number of aryl methyl sites for hydroxylation is 2. The minimum atomic E-state index is -0.0908. The number of aromatic nitrogens is 2. The van der Waals surface area contributed by atoms with Crippen LogP contribution in [0.1, 0.15) is 28.0 Å². The van der Waals surface area contributed by atoms with Crippen LogP contribution in [0.25, 0.3) is 16.8 Å². The van der Waals surface area contributed by atoms with Crippen molar-refractivity contribution < 1.29 is 4.79 Å². The van der Waals surface area contributed by atoms with Crippen LogP contribution < -0.4 is 5.32 Å². The van der Waals surface area contributed by atoms with Gasteiger partial charge in [-0.25, -0.2) is 4.98 Å². The Morgan fingerprint density at radius 2 is 1.78 bits per heavy atom. The van der Waals surface area contributed by atoms with E-state index >= 15 is 0 Å². The molecule has 140 valence electrons. The van der Waals surface area contributed by atoms with E-state index in [1.54, 1.807) is 24.3 Å². The third-order valence-electron chi connectivity index (χ3n) is 4.38. The number of thioether (sulfide) groups is 1. The van der Waals surface area contributed by atoms with Gasteiger partial charge in [0.15, 0.2) is 0 Å². The summed E-state index contributed by atoms with van der Waals surface area (Å²) in [5.41, 5.74) is 6.35. The van der Waals surface area contributed by atoms with Gasteiger partial charge in [-0.3, -0.25) is 9.36 Å². The molecule has 1 N–H and O–H groups in total. The molecular formula is C22H25N3OS. The van der Waals surface area contributed by atoms with Crippen LogP contribution in [0.15, 0.2) is 55.0 Å². The molecular weight excluding hydrogens is 354 g/mol. The Labute approximate surface area is 165 Å². The van der Waals surface area contributed by atoms with Crippen molar-refractivity contribution in [1.82, 2.24) is 14.9 Å². The monoisotopic (exact) mass is 379 g/mol. The summed E-state index contributed by atoms with van der Waals surface area (Å²) in [6.45, 7) is 4.90. The molecule has 3 aromatic rings. The SMILES string of the molecule is CSCCCNC(=O)c1cncn1-c1ccc(-c2cc(C)cc(C)c2)cc1. The van der Waals surface area contributed by atoms with E-state index in [9.17, 15) is 4.79 Å². The highest BCUT2D eigenvalue weighted by Gasteiger charge is 2.12. The van der Waals surface area contributed by atoms with E-state index < -0.39 is 0 Å². The second-order valence-corrected chi connectivity index (χ2v) is 7.66. The van der Waals surface area contributed by atoms with Crippen molar-refractivity contribution >= 4 is 17.7 Å². The average Bonchev–Trinajstić information content (AvgIpc) is 3.14. The highest BCUT2D eigenvalue weighted by atomic mass is 32.2. The predicted molar refractivity (Wildman–Crippen MR) is 114 cm³/mol. The fraction of sp³-hybridized carbons (Fsp3) is 0.273. The van der Waals surface area contributed by atoms with E-state index in [4.69, 9.17) is 0 Å². The fourth-order valence-corrected chi connectivity index (χ4v) is 3.57. The molecule has 0 aliphatic heterocycles. The van der Waals surface area contributed by atoms with Gasteiger partial charge in [0, 0.05) is 12.2 Å². The Bertz CT molecular complexity index is 895. The van der Waals surface area contributed by atoms with Gasteiger partial charge in [0.2, 0.25) is 0 Å². The van der Waals surface area contributed by atoms with Gasteiger partial charge < -0.3 is 5.32 Å². The molecule has 2 aromatic carbocycles. The van der Waals surface area contributed by atoms with Crippen LogP contribution in [0.2, 0.25) is 0 Å². The van der Waals surface area contributed by atoms with Gasteiger partial charge in [0.25, 0.3) is 5.91 Å². The zero-order valence-electron chi connectivity index (χ0n) is 16.0. The lowest BCUT2D eigenvalue weighted by atomic mass is 10.0. The van der Waals surface area contributed by atoms with Crippen molar-refractivity contribution in [3.05, 3.63) is 71.8 Å². The van der Waals surface area contributed by atoms with Crippen molar-refractivity contribution in [2.45, 2.75) is 20.3 Å². The smallest absolute Gasteiger partial charge is 0.269 e. The number of nitrogens with one attached hydrogen (secondary N) is 1. The zero-order valence-corrected chi connectivity index (χ0v) is 16.8. The summed E-state index contributed by atoms with van der Waals surface area (Å²) in [7, 11) is 0. The Hall–Kier alpha value is -2.53. The van der Waals surface area contributed by atoms with Crippen LogP contribution in [0.5, 0.6) is 0 Å². The van der Waals surface area contributed by atoms with Gasteiger partial charge in [-0.15, -0.1) is 0 Å². The second-order valence-electron chi connectivity index (χ2n) is 6.67. The minimum absolute atomic E-state index is 0.0908. The standard InChI is InChI=1S/C22H25N3OS/c1-16-11-17(2)13-19(12-16)18-5-7-20(8-6-18)25-15-23-14-21(25)22(26)24-9-4-10-27-3/h5-8,11-15H,4,9-10H2,1-3H3,(H,24,26). The number of benzene rings is 2. The number of hydrogen-bond donors (Lipinski definition) is 1. The number of carbonyl (C=O) groups is 1. The molecule has 0 fully saturated rings. The summed E-state index contributed by atoms with van der Waals surface area (Å²) < 4.78 is 1.83. The van der Waals surface area contributed by atoms with Crippen molar-refractivity contribution in [2.75, 3.05) is 18.6 Å². The van der Waals surface area contributed by atoms with Gasteiger partial charge in [-0.2, -0.15) is 11.8 Å². The molecule has 0 saturated carbocycles. The number of nitrogens with zero attached hydrogens (tertiary/aromatic N) is 2. The first-order valence-electron chi connectivity index (χ1n) is 9.07. The first kappa shape index (κ1) is 19.2. The van der Waals surface area contributed by atoms with E-state index in [0.29, 0.717) is 12.2 Å². The summed E-state index contributed by atoms with van der Waals surface area (Å²) in [6.07, 6.45) is 6.33. The summed E-state index contributed by atoms with van der Waals surface area (Å²) in [4.78, 5) is 16.6. The molecule has 27 heavy (non-hydrogen) atoms. The topological polar surface area (TPSA) is 46.9 Å². The second kappa shape index (κ2) is 8.91. The van der Waals surface area contributed by atoms with E-state index in [2.05, 4.69) is 60.7 Å². The van der Waals surface area contributed by atoms with E-state index in [0.717, 1.165) is 23.4 Å². The molecule has 1 amide bonds. The number of hydrogen-bond acceptors (Lipinski definition) is 3. The first-order chi connectivity index (χ1) is 13.1. The quantitative estimate of drug-likeness (QED) is 0.609. The Balaban J connectivity index is 1.78. The number of rotatable bonds is 7. The lowest BCUT2D eigenvalue weighted by molar-refractivity contribution is 0.0947. The highest BCUT2D eigenvalue weighted by Crippen LogP contribution is 2.24. The summed E-state index contributed by atoms with van der Waals surface area (Å²) in [5.74, 6) is 0.950. The van der Waals surface area contributed by atoms with Crippen molar-refractivity contribution in [3.8, 4) is 16.8 Å². The van der Waals surface area contributed by atoms with Crippen LogP contribution >= 0.6 is 11.8 Å². The van der Waals surface area contributed by atoms with Gasteiger partial charge in [-0.05, 0) is 55.5 Å². The third-order valence-corrected chi connectivity index (χ3v) is 5.08. The van der Waals surface area contributed by atoms with Crippen LogP contribution in [0.4, 0.5) is 0 Å². The zero-order chi connectivity index (χ0) is 19.2. The Morgan fingerprint density at radius 1 is 1.07 bits per heavy atom. The molecule has 5 heteroatoms. The molecule has 4 nitrogen and oxygen atoms in total. The summed E-state index contributed by atoms with van der Waals surface area (Å²) in [5, 5.41) is 2.97. The highest BCUT2D eigenvalue weighted by molar-refractivity contribution is 7.98. The van der Waals surface area contributed by atoms with Crippen molar-refractivity contribution in [1.29, 1.82) is 0 Å². The van der Waals surface area contributed by atoms with Crippen molar-refractivity contribution in [2.24, 2.45) is 0 Å². The molecule has 0 radical (unpaired) electrons. The Morgan fingerprint density at radius 3 is 2.44 bits per heavy atom. The number of imidazole rings is 1. The lowest BCUT2D eigenvalue weighted by Gasteiger charge is -2.10. The Kier molecular flexibility index (Phi) is 6.35. The number of amides is 1.